The Morgan fingerprint density at radius 1 is 1.20 bits per heavy atom. The van der Waals surface area contributed by atoms with Gasteiger partial charge in [0.05, 0.1) is 10.0 Å². The zero-order chi connectivity index (χ0) is 14.6. The summed E-state index contributed by atoms with van der Waals surface area (Å²) < 4.78 is 28.5. The number of aryl methyl sites for hydroxylation is 1. The van der Waals surface area contributed by atoms with Crippen molar-refractivity contribution in [3.63, 3.8) is 0 Å². The number of sulfonamides is 1. The van der Waals surface area contributed by atoms with Crippen molar-refractivity contribution in [3.05, 3.63) is 46.7 Å². The highest BCUT2D eigenvalue weighted by Gasteiger charge is 2.20. The first-order chi connectivity index (χ1) is 9.50. The molecule has 0 aliphatic carbocycles. The van der Waals surface area contributed by atoms with E-state index < -0.39 is 10.0 Å². The van der Waals surface area contributed by atoms with Gasteiger partial charge in [-0.25, -0.2) is 13.1 Å². The van der Waals surface area contributed by atoms with E-state index in [2.05, 4.69) is 9.82 Å². The number of hydrogen-bond donors (Lipinski definition) is 1. The summed E-state index contributed by atoms with van der Waals surface area (Å²) in [6, 6.07) is 6.40. The Kier molecular flexibility index (Phi) is 5.04. The van der Waals surface area contributed by atoms with Crippen LogP contribution in [0.5, 0.6) is 0 Å². The van der Waals surface area contributed by atoms with E-state index in [0.29, 0.717) is 13.0 Å². The molecule has 5 nitrogen and oxygen atoms in total. The van der Waals surface area contributed by atoms with Gasteiger partial charge in [-0.3, -0.25) is 4.68 Å². The highest BCUT2D eigenvalue weighted by Crippen LogP contribution is 2.28. The molecule has 1 N–H and O–H groups in total. The molecule has 0 fully saturated rings. The van der Waals surface area contributed by atoms with Crippen LogP contribution in [-0.4, -0.2) is 24.7 Å². The molecule has 0 unspecified atom stereocenters. The maximum Gasteiger partial charge on any atom is 0.243 e. The average Bonchev–Trinajstić information content (AvgIpc) is 2.87. The summed E-state index contributed by atoms with van der Waals surface area (Å²) in [5.74, 6) is 0. The molecule has 1 aromatic carbocycles. The third-order valence-corrected chi connectivity index (χ3v) is 5.02. The lowest BCUT2D eigenvalue weighted by molar-refractivity contribution is 0.553. The van der Waals surface area contributed by atoms with Gasteiger partial charge in [-0.05, 0) is 24.6 Å². The summed E-state index contributed by atoms with van der Waals surface area (Å²) in [4.78, 5) is -0.0811. The van der Waals surface area contributed by atoms with Gasteiger partial charge in [0.2, 0.25) is 10.0 Å². The number of nitrogens with zero attached hydrogens (tertiary/aromatic N) is 2. The Bertz CT molecular complexity index is 652. The Morgan fingerprint density at radius 3 is 2.50 bits per heavy atom. The van der Waals surface area contributed by atoms with Crippen LogP contribution in [0.4, 0.5) is 0 Å². The largest absolute Gasteiger partial charge is 0.273 e. The molecule has 0 saturated carbocycles. The molecule has 0 spiro atoms. The van der Waals surface area contributed by atoms with Gasteiger partial charge in [-0.2, -0.15) is 5.10 Å². The Hall–Kier alpha value is -1.08. The van der Waals surface area contributed by atoms with E-state index in [1.165, 1.54) is 12.1 Å². The molecule has 20 heavy (non-hydrogen) atoms. The molecule has 0 radical (unpaired) electrons. The quantitative estimate of drug-likeness (QED) is 0.826. The second kappa shape index (κ2) is 6.58. The number of rotatable bonds is 6. The van der Waals surface area contributed by atoms with E-state index in [1.54, 1.807) is 16.9 Å². The van der Waals surface area contributed by atoms with E-state index in [1.807, 2.05) is 12.3 Å². The van der Waals surface area contributed by atoms with E-state index in [-0.39, 0.29) is 21.5 Å². The minimum Gasteiger partial charge on any atom is -0.273 e. The van der Waals surface area contributed by atoms with Crippen LogP contribution in [0.25, 0.3) is 0 Å². The molecule has 0 atom stereocenters. The Morgan fingerprint density at radius 2 is 1.90 bits per heavy atom. The van der Waals surface area contributed by atoms with Crippen molar-refractivity contribution >= 4 is 33.2 Å². The van der Waals surface area contributed by atoms with Gasteiger partial charge in [-0.15, -0.1) is 0 Å². The van der Waals surface area contributed by atoms with Gasteiger partial charge in [0.25, 0.3) is 0 Å². The van der Waals surface area contributed by atoms with Crippen molar-refractivity contribution in [2.24, 2.45) is 0 Å². The molecule has 2 rings (SSSR count). The van der Waals surface area contributed by atoms with Gasteiger partial charge < -0.3 is 0 Å². The molecule has 0 aliphatic rings. The molecule has 1 heterocycles. The summed E-state index contributed by atoms with van der Waals surface area (Å²) >= 11 is 11.8. The fraction of sp³-hybridized carbons (Fsp3) is 0.250. The number of hydrogen-bond acceptors (Lipinski definition) is 3. The predicted molar refractivity (Wildman–Crippen MR) is 78.5 cm³/mol. The lowest BCUT2D eigenvalue weighted by Gasteiger charge is -2.09. The van der Waals surface area contributed by atoms with Crippen molar-refractivity contribution in [1.29, 1.82) is 0 Å². The zero-order valence-corrected chi connectivity index (χ0v) is 12.8. The second-order valence-corrected chi connectivity index (χ2v) is 6.59. The lowest BCUT2D eigenvalue weighted by atomic mass is 10.4. The van der Waals surface area contributed by atoms with E-state index in [9.17, 15) is 8.42 Å². The van der Waals surface area contributed by atoms with Crippen LogP contribution in [-0.2, 0) is 16.6 Å². The maximum absolute atomic E-state index is 12.1. The molecule has 0 amide bonds. The minimum absolute atomic E-state index is 0.0811. The smallest absolute Gasteiger partial charge is 0.243 e. The van der Waals surface area contributed by atoms with Gasteiger partial charge >= 0.3 is 0 Å². The first kappa shape index (κ1) is 15.3. The van der Waals surface area contributed by atoms with E-state index >= 15 is 0 Å². The summed E-state index contributed by atoms with van der Waals surface area (Å²) in [6.45, 7) is 0.912. The molecule has 2 aromatic rings. The van der Waals surface area contributed by atoms with Crippen LogP contribution < -0.4 is 4.72 Å². The van der Waals surface area contributed by atoms with Crippen LogP contribution in [0.15, 0.2) is 41.6 Å². The van der Waals surface area contributed by atoms with Crippen molar-refractivity contribution < 1.29 is 8.42 Å². The third kappa shape index (κ3) is 3.73. The van der Waals surface area contributed by atoms with E-state index in [0.717, 1.165) is 0 Å². The average molecular weight is 334 g/mol. The molecule has 0 aliphatic heterocycles. The standard InChI is InChI=1S/C12H13Cl2N3O2S/c13-10-4-1-5-11(14)12(10)20(18,19)16-7-3-9-17-8-2-6-15-17/h1-2,4-6,8,16H,3,7,9H2. The first-order valence-electron chi connectivity index (χ1n) is 5.92. The zero-order valence-electron chi connectivity index (χ0n) is 10.5. The molecule has 8 heteroatoms. The monoisotopic (exact) mass is 333 g/mol. The summed E-state index contributed by atoms with van der Waals surface area (Å²) in [5.41, 5.74) is 0. The fourth-order valence-electron chi connectivity index (χ4n) is 1.69. The van der Waals surface area contributed by atoms with Crippen LogP contribution >= 0.6 is 23.2 Å². The SMILES string of the molecule is O=S(=O)(NCCCn1cccn1)c1c(Cl)cccc1Cl. The first-order valence-corrected chi connectivity index (χ1v) is 8.16. The van der Waals surface area contributed by atoms with Crippen LogP contribution in [0.2, 0.25) is 10.0 Å². The maximum atomic E-state index is 12.1. The highest BCUT2D eigenvalue weighted by molar-refractivity contribution is 7.89. The highest BCUT2D eigenvalue weighted by atomic mass is 35.5. The van der Waals surface area contributed by atoms with Gasteiger partial charge in [0.15, 0.2) is 0 Å². The van der Waals surface area contributed by atoms with Crippen LogP contribution in [0, 0.1) is 0 Å². The molecule has 0 bridgehead atoms. The molecule has 1 aromatic heterocycles. The van der Waals surface area contributed by atoms with Crippen molar-refractivity contribution in [1.82, 2.24) is 14.5 Å². The third-order valence-electron chi connectivity index (χ3n) is 2.60. The minimum atomic E-state index is -3.71. The van der Waals surface area contributed by atoms with Gasteiger partial charge in [0.1, 0.15) is 4.90 Å². The number of aromatic nitrogens is 2. The summed E-state index contributed by atoms with van der Waals surface area (Å²) in [5, 5.41) is 4.25. The van der Waals surface area contributed by atoms with Crippen LogP contribution in [0.3, 0.4) is 0 Å². The Labute approximate surface area is 127 Å². The Balaban J connectivity index is 1.97. The summed E-state index contributed by atoms with van der Waals surface area (Å²) in [6.07, 6.45) is 4.11. The number of benzene rings is 1. The van der Waals surface area contributed by atoms with Crippen molar-refractivity contribution in [2.75, 3.05) is 6.54 Å². The molecular formula is C12H13Cl2N3O2S. The van der Waals surface area contributed by atoms with Crippen LogP contribution in [0.1, 0.15) is 6.42 Å². The van der Waals surface area contributed by atoms with Gasteiger partial charge in [0, 0.05) is 25.5 Å². The summed E-state index contributed by atoms with van der Waals surface area (Å²) in [7, 11) is -3.71. The predicted octanol–water partition coefficient (Wildman–Crippen LogP) is 2.56. The fourth-order valence-corrected chi connectivity index (χ4v) is 3.91. The second-order valence-electron chi connectivity index (χ2n) is 4.07. The lowest BCUT2D eigenvalue weighted by Crippen LogP contribution is -2.26. The van der Waals surface area contributed by atoms with Crippen molar-refractivity contribution in [2.45, 2.75) is 17.9 Å². The molecular weight excluding hydrogens is 321 g/mol. The molecule has 0 saturated heterocycles. The molecule has 108 valence electrons. The number of halogens is 2. The topological polar surface area (TPSA) is 64.0 Å². The van der Waals surface area contributed by atoms with E-state index in [4.69, 9.17) is 23.2 Å². The van der Waals surface area contributed by atoms with Crippen molar-refractivity contribution in [3.8, 4) is 0 Å². The normalized spacial score (nSPS) is 11.7. The number of nitrogens with one attached hydrogen (secondary N) is 1. The van der Waals surface area contributed by atoms with Gasteiger partial charge in [-0.1, -0.05) is 29.3 Å².